The van der Waals surface area contributed by atoms with Gasteiger partial charge in [-0.25, -0.2) is 20.4 Å². The highest BCUT2D eigenvalue weighted by molar-refractivity contribution is 5.89. The van der Waals surface area contributed by atoms with E-state index in [1.54, 1.807) is 0 Å². The van der Waals surface area contributed by atoms with Crippen LogP contribution in [0, 0.1) is 0 Å². The van der Waals surface area contributed by atoms with E-state index in [1.807, 2.05) is 30.3 Å². The molecule has 0 bridgehead atoms. The van der Waals surface area contributed by atoms with Crippen LogP contribution in [0.5, 0.6) is 0 Å². The zero-order valence-corrected chi connectivity index (χ0v) is 17.0. The first-order valence-electron chi connectivity index (χ1n) is 9.77. The Balaban J connectivity index is 1.33. The van der Waals surface area contributed by atoms with Gasteiger partial charge in [-0.2, -0.15) is 13.2 Å². The minimum atomic E-state index is -4.40. The Morgan fingerprint density at radius 2 is 1.67 bits per heavy atom. The lowest BCUT2D eigenvalue weighted by molar-refractivity contribution is -0.137. The largest absolute Gasteiger partial charge is 0.448 e. The predicted octanol–water partition coefficient (Wildman–Crippen LogP) is 4.60. The quantitative estimate of drug-likeness (QED) is 0.411. The molecule has 0 radical (unpaired) electrons. The summed E-state index contributed by atoms with van der Waals surface area (Å²) in [6, 6.07) is 14.0. The lowest BCUT2D eigenvalue weighted by atomic mass is 10.1. The van der Waals surface area contributed by atoms with Gasteiger partial charge in [-0.05, 0) is 23.3 Å². The molecule has 1 amide bonds. The predicted molar refractivity (Wildman–Crippen MR) is 110 cm³/mol. The third kappa shape index (κ3) is 5.80. The van der Waals surface area contributed by atoms with Gasteiger partial charge in [-0.1, -0.05) is 42.5 Å². The van der Waals surface area contributed by atoms with Gasteiger partial charge >= 0.3 is 12.1 Å². The lowest BCUT2D eigenvalue weighted by Gasteiger charge is -2.06. The zero-order chi connectivity index (χ0) is 23.3. The fraction of sp³-hybridized carbons (Fsp3) is 0.130. The van der Waals surface area contributed by atoms with Gasteiger partial charge in [-0.3, -0.25) is 9.63 Å². The number of alkyl halides is 3. The number of oxazole rings is 1. The molecule has 7 nitrogen and oxygen atoms in total. The second-order valence-electron chi connectivity index (χ2n) is 7.00. The van der Waals surface area contributed by atoms with Crippen molar-refractivity contribution in [2.24, 2.45) is 0 Å². The summed E-state index contributed by atoms with van der Waals surface area (Å²) in [6.45, 7) is 0.204. The number of rotatable bonds is 7. The van der Waals surface area contributed by atoms with E-state index in [9.17, 15) is 18.0 Å². The van der Waals surface area contributed by atoms with Gasteiger partial charge in [-0.15, -0.1) is 0 Å². The third-order valence-corrected chi connectivity index (χ3v) is 4.57. The Morgan fingerprint density at radius 3 is 2.33 bits per heavy atom. The highest BCUT2D eigenvalue weighted by Crippen LogP contribution is 2.30. The van der Waals surface area contributed by atoms with Gasteiger partial charge in [0, 0.05) is 18.0 Å². The number of hydroxylamine groups is 1. The number of hydrogen-bond acceptors (Lipinski definition) is 6. The highest BCUT2D eigenvalue weighted by atomic mass is 19.4. The molecule has 0 fully saturated rings. The fourth-order valence-corrected chi connectivity index (χ4v) is 2.90. The standard InChI is InChI=1S/C23H17F3N4O3/c24-23(25,26)18-8-6-17(7-9-18)19-14-32-20(29-19)10-16-11-27-21(28-12-16)22(31)30-33-13-15-4-2-1-3-5-15/h1-9,11-12,14H,10,13H2,(H,30,31). The van der Waals surface area contributed by atoms with E-state index in [2.05, 4.69) is 20.4 Å². The van der Waals surface area contributed by atoms with Crippen LogP contribution in [0.15, 0.2) is 77.7 Å². The van der Waals surface area contributed by atoms with Crippen molar-refractivity contribution in [2.45, 2.75) is 19.2 Å². The third-order valence-electron chi connectivity index (χ3n) is 4.57. The smallest absolute Gasteiger partial charge is 0.416 e. The number of carbonyl (C=O) groups excluding carboxylic acids is 1. The van der Waals surface area contributed by atoms with E-state index in [0.717, 1.165) is 17.7 Å². The van der Waals surface area contributed by atoms with E-state index in [-0.39, 0.29) is 18.9 Å². The Bertz CT molecular complexity index is 1210. The summed E-state index contributed by atoms with van der Waals surface area (Å²) < 4.78 is 43.5. The van der Waals surface area contributed by atoms with E-state index >= 15 is 0 Å². The van der Waals surface area contributed by atoms with Crippen molar-refractivity contribution in [3.05, 3.63) is 102 Å². The summed E-state index contributed by atoms with van der Waals surface area (Å²) in [5.41, 5.74) is 3.99. The molecule has 4 rings (SSSR count). The van der Waals surface area contributed by atoms with Crippen molar-refractivity contribution in [2.75, 3.05) is 0 Å². The molecule has 0 aliphatic heterocycles. The summed E-state index contributed by atoms with van der Waals surface area (Å²) >= 11 is 0. The van der Waals surface area contributed by atoms with E-state index in [0.29, 0.717) is 22.7 Å². The van der Waals surface area contributed by atoms with E-state index in [4.69, 9.17) is 9.25 Å². The molecule has 4 aromatic rings. The molecule has 2 aromatic heterocycles. The Labute approximate surface area is 186 Å². The van der Waals surface area contributed by atoms with Crippen molar-refractivity contribution in [1.82, 2.24) is 20.4 Å². The van der Waals surface area contributed by atoms with Gasteiger partial charge in [0.25, 0.3) is 0 Å². The molecule has 0 saturated heterocycles. The highest BCUT2D eigenvalue weighted by Gasteiger charge is 2.30. The first kappa shape index (κ1) is 22.2. The van der Waals surface area contributed by atoms with Gasteiger partial charge in [0.2, 0.25) is 5.82 Å². The van der Waals surface area contributed by atoms with Crippen LogP contribution in [0.3, 0.4) is 0 Å². The molecule has 2 heterocycles. The normalized spacial score (nSPS) is 11.4. The van der Waals surface area contributed by atoms with E-state index < -0.39 is 17.6 Å². The minimum absolute atomic E-state index is 0.0651. The number of aromatic nitrogens is 3. The zero-order valence-electron chi connectivity index (χ0n) is 17.0. The van der Waals surface area contributed by atoms with Crippen molar-refractivity contribution >= 4 is 5.91 Å². The molecule has 2 aromatic carbocycles. The maximum atomic E-state index is 12.7. The summed E-state index contributed by atoms with van der Waals surface area (Å²) in [6.07, 6.45) is 0.129. The van der Waals surface area contributed by atoms with Crippen LogP contribution >= 0.6 is 0 Å². The van der Waals surface area contributed by atoms with Crippen molar-refractivity contribution < 1.29 is 27.2 Å². The molecule has 0 saturated carbocycles. The van der Waals surface area contributed by atoms with Crippen LogP contribution < -0.4 is 5.48 Å². The molecule has 0 unspecified atom stereocenters. The Kier molecular flexibility index (Phi) is 6.45. The average Bonchev–Trinajstić information content (AvgIpc) is 3.28. The average molecular weight is 454 g/mol. The van der Waals surface area contributed by atoms with E-state index in [1.165, 1.54) is 30.8 Å². The maximum Gasteiger partial charge on any atom is 0.416 e. The van der Waals surface area contributed by atoms with Crippen LogP contribution in [0.1, 0.15) is 33.2 Å². The lowest BCUT2D eigenvalue weighted by Crippen LogP contribution is -2.25. The fourth-order valence-electron chi connectivity index (χ4n) is 2.90. The first-order chi connectivity index (χ1) is 15.9. The summed E-state index contributed by atoms with van der Waals surface area (Å²) in [4.78, 5) is 29.6. The molecule has 0 atom stereocenters. The number of hydrogen-bond donors (Lipinski definition) is 1. The number of nitrogens with zero attached hydrogens (tertiary/aromatic N) is 3. The first-order valence-corrected chi connectivity index (χ1v) is 9.77. The molecular weight excluding hydrogens is 437 g/mol. The number of nitrogens with one attached hydrogen (secondary N) is 1. The van der Waals surface area contributed by atoms with Crippen LogP contribution in [0.2, 0.25) is 0 Å². The second kappa shape index (κ2) is 9.61. The number of halogens is 3. The molecule has 0 aliphatic rings. The molecular formula is C23H17F3N4O3. The van der Waals surface area contributed by atoms with Gasteiger partial charge in [0.15, 0.2) is 5.89 Å². The SMILES string of the molecule is O=C(NOCc1ccccc1)c1ncc(Cc2nc(-c3ccc(C(F)(F)F)cc3)co2)cn1. The number of benzene rings is 2. The van der Waals surface area contributed by atoms with Crippen LogP contribution in [-0.2, 0) is 24.0 Å². The molecule has 10 heteroatoms. The summed E-state index contributed by atoms with van der Waals surface area (Å²) in [5.74, 6) is -0.320. The topological polar surface area (TPSA) is 90.1 Å². The van der Waals surface area contributed by atoms with Crippen molar-refractivity contribution in [3.8, 4) is 11.3 Å². The molecule has 1 N–H and O–H groups in total. The van der Waals surface area contributed by atoms with Crippen LogP contribution in [-0.4, -0.2) is 20.9 Å². The van der Waals surface area contributed by atoms with Gasteiger partial charge in [0.05, 0.1) is 18.6 Å². The summed E-state index contributed by atoms with van der Waals surface area (Å²) in [7, 11) is 0. The maximum absolute atomic E-state index is 12.7. The molecule has 0 aliphatic carbocycles. The van der Waals surface area contributed by atoms with Crippen LogP contribution in [0.25, 0.3) is 11.3 Å². The van der Waals surface area contributed by atoms with Gasteiger partial charge in [0.1, 0.15) is 12.0 Å². The Hall–Kier alpha value is -4.05. The van der Waals surface area contributed by atoms with Gasteiger partial charge < -0.3 is 4.42 Å². The second-order valence-corrected chi connectivity index (χ2v) is 7.00. The monoisotopic (exact) mass is 454 g/mol. The molecule has 33 heavy (non-hydrogen) atoms. The summed E-state index contributed by atoms with van der Waals surface area (Å²) in [5, 5.41) is 0. The van der Waals surface area contributed by atoms with Crippen molar-refractivity contribution in [3.63, 3.8) is 0 Å². The van der Waals surface area contributed by atoms with Crippen LogP contribution in [0.4, 0.5) is 13.2 Å². The minimum Gasteiger partial charge on any atom is -0.448 e. The molecule has 168 valence electrons. The number of carbonyl (C=O) groups is 1. The Morgan fingerprint density at radius 1 is 0.970 bits per heavy atom. The molecule has 0 spiro atoms. The van der Waals surface area contributed by atoms with Crippen molar-refractivity contribution in [1.29, 1.82) is 0 Å². The number of amides is 1.